The van der Waals surface area contributed by atoms with Gasteiger partial charge in [0.05, 0.1) is 5.56 Å². The van der Waals surface area contributed by atoms with Crippen molar-refractivity contribution in [3.8, 4) is 0 Å². The van der Waals surface area contributed by atoms with Gasteiger partial charge in [-0.1, -0.05) is 0 Å². The summed E-state index contributed by atoms with van der Waals surface area (Å²) in [5, 5.41) is 11.7. The lowest BCUT2D eigenvalue weighted by molar-refractivity contribution is 0.0696. The molecule has 1 saturated carbocycles. The molecule has 1 amide bonds. The molecule has 2 rings (SSSR count). The molecular weight excluding hydrogens is 250 g/mol. The van der Waals surface area contributed by atoms with E-state index in [1.54, 1.807) is 11.8 Å². The van der Waals surface area contributed by atoms with Crippen LogP contribution in [-0.4, -0.2) is 34.5 Å². The average Bonchev–Trinajstić information content (AvgIpc) is 3.17. The Kier molecular flexibility index (Phi) is 3.61. The number of nitrogens with one attached hydrogen (secondary N) is 1. The molecule has 96 valence electrons. The van der Waals surface area contributed by atoms with Crippen LogP contribution in [0.5, 0.6) is 0 Å². The quantitative estimate of drug-likeness (QED) is 0.854. The standard InChI is InChI=1S/C13H15NO3S/c1-18-13(6-7-13)8-14-11(15)9-2-4-10(5-3-9)12(16)17/h2-5H,6-8H2,1H3,(H,14,15)(H,16,17). The topological polar surface area (TPSA) is 66.4 Å². The van der Waals surface area contributed by atoms with Gasteiger partial charge in [-0.15, -0.1) is 0 Å². The molecule has 0 heterocycles. The van der Waals surface area contributed by atoms with Crippen LogP contribution in [-0.2, 0) is 0 Å². The molecule has 1 aliphatic carbocycles. The molecule has 5 heteroatoms. The van der Waals surface area contributed by atoms with Crippen LogP contribution in [0.2, 0.25) is 0 Å². The molecule has 2 N–H and O–H groups in total. The van der Waals surface area contributed by atoms with Crippen molar-refractivity contribution in [2.24, 2.45) is 0 Å². The molecule has 0 saturated heterocycles. The number of carboxylic acid groups (broad SMARTS) is 1. The van der Waals surface area contributed by atoms with Crippen molar-refractivity contribution in [1.82, 2.24) is 5.32 Å². The van der Waals surface area contributed by atoms with Gasteiger partial charge >= 0.3 is 5.97 Å². The Bertz CT molecular complexity index is 466. The van der Waals surface area contributed by atoms with E-state index in [0.717, 1.165) is 12.8 Å². The largest absolute Gasteiger partial charge is 0.478 e. The average molecular weight is 265 g/mol. The van der Waals surface area contributed by atoms with Gasteiger partial charge in [-0.2, -0.15) is 11.8 Å². The number of carbonyl (C=O) groups excluding carboxylic acids is 1. The Morgan fingerprint density at radius 2 is 1.83 bits per heavy atom. The van der Waals surface area contributed by atoms with Crippen molar-refractivity contribution < 1.29 is 14.7 Å². The third kappa shape index (κ3) is 2.85. The Labute approximate surface area is 110 Å². The minimum Gasteiger partial charge on any atom is -0.478 e. The summed E-state index contributed by atoms with van der Waals surface area (Å²) in [5.74, 6) is -1.13. The molecule has 1 aromatic rings. The van der Waals surface area contributed by atoms with Crippen molar-refractivity contribution in [3.05, 3.63) is 35.4 Å². The number of carbonyl (C=O) groups is 2. The lowest BCUT2D eigenvalue weighted by Crippen LogP contribution is -2.31. The fourth-order valence-electron chi connectivity index (χ4n) is 1.70. The second-order valence-corrected chi connectivity index (χ2v) is 5.73. The molecule has 0 atom stereocenters. The molecule has 0 spiro atoms. The smallest absolute Gasteiger partial charge is 0.335 e. The van der Waals surface area contributed by atoms with Gasteiger partial charge in [-0.3, -0.25) is 4.79 Å². The number of benzene rings is 1. The number of hydrogen-bond donors (Lipinski definition) is 2. The number of carboxylic acids is 1. The lowest BCUT2D eigenvalue weighted by atomic mass is 10.1. The zero-order valence-electron chi connectivity index (χ0n) is 10.1. The summed E-state index contributed by atoms with van der Waals surface area (Å²) in [6, 6.07) is 5.96. The van der Waals surface area contributed by atoms with E-state index in [2.05, 4.69) is 11.6 Å². The zero-order chi connectivity index (χ0) is 13.2. The van der Waals surface area contributed by atoms with E-state index in [0.29, 0.717) is 12.1 Å². The summed E-state index contributed by atoms with van der Waals surface area (Å²) in [7, 11) is 0. The molecule has 1 aliphatic rings. The number of thioether (sulfide) groups is 1. The molecule has 0 aliphatic heterocycles. The molecule has 0 aromatic heterocycles. The highest BCUT2D eigenvalue weighted by Gasteiger charge is 2.41. The molecule has 4 nitrogen and oxygen atoms in total. The molecule has 0 bridgehead atoms. The Morgan fingerprint density at radius 3 is 2.28 bits per heavy atom. The zero-order valence-corrected chi connectivity index (χ0v) is 10.9. The second-order valence-electron chi connectivity index (χ2n) is 4.45. The van der Waals surface area contributed by atoms with Crippen LogP contribution in [0.15, 0.2) is 24.3 Å². The van der Waals surface area contributed by atoms with E-state index in [1.165, 1.54) is 24.3 Å². The van der Waals surface area contributed by atoms with Gasteiger partial charge in [0.2, 0.25) is 0 Å². The van der Waals surface area contributed by atoms with Gasteiger partial charge in [0.1, 0.15) is 0 Å². The Hall–Kier alpha value is -1.49. The first-order chi connectivity index (χ1) is 8.56. The maximum absolute atomic E-state index is 11.8. The normalized spacial score (nSPS) is 16.1. The third-order valence-electron chi connectivity index (χ3n) is 3.21. The van der Waals surface area contributed by atoms with E-state index in [4.69, 9.17) is 5.11 Å². The predicted molar refractivity (Wildman–Crippen MR) is 71.2 cm³/mol. The first-order valence-corrected chi connectivity index (χ1v) is 6.95. The highest BCUT2D eigenvalue weighted by Crippen LogP contribution is 2.46. The SMILES string of the molecule is CSC1(CNC(=O)c2ccc(C(=O)O)cc2)CC1. The fourth-order valence-corrected chi connectivity index (χ4v) is 2.43. The first kappa shape index (κ1) is 13.0. The minimum absolute atomic E-state index is 0.146. The van der Waals surface area contributed by atoms with Gasteiger partial charge in [-0.25, -0.2) is 4.79 Å². The van der Waals surface area contributed by atoms with Crippen molar-refractivity contribution in [1.29, 1.82) is 0 Å². The van der Waals surface area contributed by atoms with Crippen molar-refractivity contribution in [2.75, 3.05) is 12.8 Å². The maximum Gasteiger partial charge on any atom is 0.335 e. The van der Waals surface area contributed by atoms with Crippen LogP contribution < -0.4 is 5.32 Å². The van der Waals surface area contributed by atoms with Crippen LogP contribution in [0.4, 0.5) is 0 Å². The highest BCUT2D eigenvalue weighted by atomic mass is 32.2. The summed E-state index contributed by atoms with van der Waals surface area (Å²) >= 11 is 1.79. The van der Waals surface area contributed by atoms with Crippen LogP contribution in [0.25, 0.3) is 0 Å². The van der Waals surface area contributed by atoms with Crippen molar-refractivity contribution >= 4 is 23.6 Å². The number of amides is 1. The van der Waals surface area contributed by atoms with E-state index >= 15 is 0 Å². The summed E-state index contributed by atoms with van der Waals surface area (Å²) in [4.78, 5) is 22.5. The molecule has 1 fully saturated rings. The number of rotatable bonds is 5. The van der Waals surface area contributed by atoms with Crippen LogP contribution in [0.1, 0.15) is 33.6 Å². The predicted octanol–water partition coefficient (Wildman–Crippen LogP) is 2.01. The minimum atomic E-state index is -0.985. The molecule has 0 unspecified atom stereocenters. The second kappa shape index (κ2) is 5.02. The maximum atomic E-state index is 11.8. The fraction of sp³-hybridized carbons (Fsp3) is 0.385. The van der Waals surface area contributed by atoms with Crippen LogP contribution in [0, 0.1) is 0 Å². The molecular formula is C13H15NO3S. The van der Waals surface area contributed by atoms with E-state index in [1.807, 2.05) is 0 Å². The lowest BCUT2D eigenvalue weighted by Gasteiger charge is -2.13. The van der Waals surface area contributed by atoms with Crippen LogP contribution >= 0.6 is 11.8 Å². The monoisotopic (exact) mass is 265 g/mol. The van der Waals surface area contributed by atoms with Gasteiger partial charge in [0, 0.05) is 16.9 Å². The Morgan fingerprint density at radius 1 is 1.28 bits per heavy atom. The number of hydrogen-bond acceptors (Lipinski definition) is 3. The summed E-state index contributed by atoms with van der Waals surface area (Å²) in [6.07, 6.45) is 4.35. The van der Waals surface area contributed by atoms with Gasteiger partial charge in [-0.05, 0) is 43.4 Å². The van der Waals surface area contributed by atoms with E-state index < -0.39 is 5.97 Å². The van der Waals surface area contributed by atoms with Crippen LogP contribution in [0.3, 0.4) is 0 Å². The Balaban J connectivity index is 1.94. The van der Waals surface area contributed by atoms with Gasteiger partial charge in [0.15, 0.2) is 0 Å². The van der Waals surface area contributed by atoms with E-state index in [-0.39, 0.29) is 16.2 Å². The summed E-state index contributed by atoms with van der Waals surface area (Å²) < 4.78 is 0.233. The summed E-state index contributed by atoms with van der Waals surface area (Å²) in [6.45, 7) is 0.674. The van der Waals surface area contributed by atoms with Gasteiger partial charge < -0.3 is 10.4 Å². The third-order valence-corrected chi connectivity index (χ3v) is 4.62. The number of aromatic carboxylic acids is 1. The first-order valence-electron chi connectivity index (χ1n) is 5.73. The molecule has 18 heavy (non-hydrogen) atoms. The summed E-state index contributed by atoms with van der Waals surface area (Å²) in [5.41, 5.74) is 0.686. The van der Waals surface area contributed by atoms with E-state index in [9.17, 15) is 9.59 Å². The van der Waals surface area contributed by atoms with Gasteiger partial charge in [0.25, 0.3) is 5.91 Å². The molecule has 0 radical (unpaired) electrons. The molecule has 1 aromatic carbocycles. The van der Waals surface area contributed by atoms with Crippen molar-refractivity contribution in [3.63, 3.8) is 0 Å². The highest BCUT2D eigenvalue weighted by molar-refractivity contribution is 8.00. The van der Waals surface area contributed by atoms with Crippen molar-refractivity contribution in [2.45, 2.75) is 17.6 Å².